The van der Waals surface area contributed by atoms with Gasteiger partial charge in [0.25, 0.3) is 0 Å². The molecule has 1 aliphatic rings. The van der Waals surface area contributed by atoms with Crippen molar-refractivity contribution in [3.05, 3.63) is 29.1 Å². The third-order valence-corrected chi connectivity index (χ3v) is 3.44. The first-order valence-corrected chi connectivity index (χ1v) is 6.33. The number of rotatable bonds is 2. The molecule has 0 atom stereocenters. The van der Waals surface area contributed by atoms with Crippen LogP contribution in [0.15, 0.2) is 12.1 Å². The lowest BCUT2D eigenvalue weighted by Gasteiger charge is -2.22. The van der Waals surface area contributed by atoms with E-state index >= 15 is 0 Å². The summed E-state index contributed by atoms with van der Waals surface area (Å²) in [5.41, 5.74) is 0.963. The fraction of sp³-hybridized carbons (Fsp3) is 0.429. The number of nitrogens with zero attached hydrogens (tertiary/aromatic N) is 1. The van der Waals surface area contributed by atoms with Crippen LogP contribution in [-0.4, -0.2) is 19.0 Å². The minimum atomic E-state index is -0.473. The maximum atomic E-state index is 13.6. The highest BCUT2D eigenvalue weighted by Crippen LogP contribution is 2.22. The third kappa shape index (κ3) is 3.09. The Morgan fingerprint density at radius 3 is 2.79 bits per heavy atom. The Morgan fingerprint density at radius 1 is 1.47 bits per heavy atom. The summed E-state index contributed by atoms with van der Waals surface area (Å²) in [6.07, 6.45) is 1.57. The van der Waals surface area contributed by atoms with Gasteiger partial charge in [-0.2, -0.15) is 5.26 Å². The molecule has 1 heterocycles. The normalized spacial score (nSPS) is 15.8. The monoisotopic (exact) mass is 261 g/mol. The van der Waals surface area contributed by atoms with E-state index in [0.29, 0.717) is 11.3 Å². The molecule has 5 heteroatoms. The Hall–Kier alpha value is -1.93. The van der Waals surface area contributed by atoms with Crippen LogP contribution in [0.5, 0.6) is 0 Å². The molecule has 2 N–H and O–H groups in total. The molecule has 1 aromatic rings. The molecule has 0 spiro atoms. The van der Waals surface area contributed by atoms with Crippen molar-refractivity contribution in [2.75, 3.05) is 18.4 Å². The van der Waals surface area contributed by atoms with Crippen molar-refractivity contribution in [3.63, 3.8) is 0 Å². The fourth-order valence-corrected chi connectivity index (χ4v) is 2.19. The number of hydrogen-bond donors (Lipinski definition) is 2. The van der Waals surface area contributed by atoms with E-state index in [1.807, 2.05) is 6.07 Å². The quantitative estimate of drug-likeness (QED) is 0.855. The van der Waals surface area contributed by atoms with E-state index in [4.69, 9.17) is 5.26 Å². The van der Waals surface area contributed by atoms with Crippen molar-refractivity contribution in [3.8, 4) is 6.07 Å². The lowest BCUT2D eigenvalue weighted by atomic mass is 9.97. The highest BCUT2D eigenvalue weighted by Gasteiger charge is 2.21. The average Bonchev–Trinajstić information content (AvgIpc) is 2.44. The topological polar surface area (TPSA) is 64.9 Å². The van der Waals surface area contributed by atoms with Gasteiger partial charge < -0.3 is 10.6 Å². The van der Waals surface area contributed by atoms with Gasteiger partial charge in [-0.3, -0.25) is 4.79 Å². The molecule has 0 bridgehead atoms. The fourth-order valence-electron chi connectivity index (χ4n) is 2.19. The second-order valence-corrected chi connectivity index (χ2v) is 4.76. The summed E-state index contributed by atoms with van der Waals surface area (Å²) in [7, 11) is 0. The van der Waals surface area contributed by atoms with E-state index < -0.39 is 5.82 Å². The molecule has 0 radical (unpaired) electrons. The molecule has 19 heavy (non-hydrogen) atoms. The second kappa shape index (κ2) is 5.81. The molecule has 1 fully saturated rings. The van der Waals surface area contributed by atoms with E-state index in [1.54, 1.807) is 6.92 Å². The number of hydrogen-bond acceptors (Lipinski definition) is 3. The number of anilines is 1. The number of amides is 1. The number of benzene rings is 1. The number of nitriles is 1. The largest absolute Gasteiger partial charge is 0.325 e. The lowest BCUT2D eigenvalue weighted by molar-refractivity contribution is -0.120. The smallest absolute Gasteiger partial charge is 0.227 e. The number of nitrogens with one attached hydrogen (secondary N) is 2. The summed E-state index contributed by atoms with van der Waals surface area (Å²) < 4.78 is 13.6. The van der Waals surface area contributed by atoms with Crippen LogP contribution in [0.1, 0.15) is 24.0 Å². The van der Waals surface area contributed by atoms with E-state index in [2.05, 4.69) is 10.6 Å². The zero-order valence-electron chi connectivity index (χ0n) is 10.8. The molecular formula is C14H16FN3O. The average molecular weight is 261 g/mol. The minimum absolute atomic E-state index is 0.0468. The molecule has 1 aromatic carbocycles. The van der Waals surface area contributed by atoms with Gasteiger partial charge in [-0.25, -0.2) is 4.39 Å². The number of carbonyl (C=O) groups is 1. The SMILES string of the molecule is Cc1c(F)cc(C#N)cc1NC(=O)C1CCNCC1. The summed E-state index contributed by atoms with van der Waals surface area (Å²) in [5.74, 6) is -0.617. The Morgan fingerprint density at radius 2 is 2.16 bits per heavy atom. The van der Waals surface area contributed by atoms with Crippen LogP contribution in [0.4, 0.5) is 10.1 Å². The summed E-state index contributed by atoms with van der Waals surface area (Å²) in [6, 6.07) is 4.57. The molecule has 4 nitrogen and oxygen atoms in total. The van der Waals surface area contributed by atoms with Crippen molar-refractivity contribution < 1.29 is 9.18 Å². The highest BCUT2D eigenvalue weighted by atomic mass is 19.1. The van der Waals surface area contributed by atoms with E-state index in [0.717, 1.165) is 25.9 Å². The molecule has 0 saturated carbocycles. The van der Waals surface area contributed by atoms with Crippen molar-refractivity contribution in [1.29, 1.82) is 5.26 Å². The lowest BCUT2D eigenvalue weighted by Crippen LogP contribution is -2.34. The van der Waals surface area contributed by atoms with Gasteiger partial charge in [0.1, 0.15) is 5.82 Å². The van der Waals surface area contributed by atoms with Gasteiger partial charge in [0.2, 0.25) is 5.91 Å². The zero-order valence-corrected chi connectivity index (χ0v) is 10.8. The zero-order chi connectivity index (χ0) is 13.8. The van der Waals surface area contributed by atoms with Gasteiger partial charge in [0.15, 0.2) is 0 Å². The Labute approximate surface area is 111 Å². The van der Waals surface area contributed by atoms with Crippen LogP contribution in [0.2, 0.25) is 0 Å². The maximum Gasteiger partial charge on any atom is 0.227 e. The van der Waals surface area contributed by atoms with E-state index in [-0.39, 0.29) is 17.4 Å². The van der Waals surface area contributed by atoms with E-state index in [9.17, 15) is 9.18 Å². The van der Waals surface area contributed by atoms with Crippen LogP contribution < -0.4 is 10.6 Å². The van der Waals surface area contributed by atoms with Crippen LogP contribution >= 0.6 is 0 Å². The molecule has 0 aromatic heterocycles. The molecule has 1 aliphatic heterocycles. The Bertz CT molecular complexity index is 530. The van der Waals surface area contributed by atoms with Gasteiger partial charge >= 0.3 is 0 Å². The Kier molecular flexibility index (Phi) is 4.13. The predicted octanol–water partition coefficient (Wildman–Crippen LogP) is 1.94. The van der Waals surface area contributed by atoms with Crippen molar-refractivity contribution in [1.82, 2.24) is 5.32 Å². The molecule has 100 valence electrons. The van der Waals surface area contributed by atoms with Gasteiger partial charge in [-0.05, 0) is 45.0 Å². The molecule has 2 rings (SSSR count). The Balaban J connectivity index is 2.16. The summed E-state index contributed by atoms with van der Waals surface area (Å²) >= 11 is 0. The standard InChI is InChI=1S/C14H16FN3O/c1-9-12(15)6-10(8-16)7-13(9)18-14(19)11-2-4-17-5-3-11/h6-7,11,17H,2-5H2,1H3,(H,18,19). The second-order valence-electron chi connectivity index (χ2n) is 4.76. The predicted molar refractivity (Wildman–Crippen MR) is 70.1 cm³/mol. The van der Waals surface area contributed by atoms with Crippen LogP contribution in [-0.2, 0) is 4.79 Å². The van der Waals surface area contributed by atoms with Crippen LogP contribution in [0.3, 0.4) is 0 Å². The molecular weight excluding hydrogens is 245 g/mol. The summed E-state index contributed by atoms with van der Waals surface area (Å²) in [6.45, 7) is 3.24. The van der Waals surface area contributed by atoms with Crippen LogP contribution in [0, 0.1) is 30.0 Å². The van der Waals surface area contributed by atoms with Gasteiger partial charge in [0.05, 0.1) is 11.6 Å². The van der Waals surface area contributed by atoms with Crippen molar-refractivity contribution >= 4 is 11.6 Å². The number of piperidine rings is 1. The first-order valence-electron chi connectivity index (χ1n) is 6.33. The molecule has 0 unspecified atom stereocenters. The number of carbonyl (C=O) groups excluding carboxylic acids is 1. The van der Waals surface area contributed by atoms with Gasteiger partial charge in [-0.15, -0.1) is 0 Å². The van der Waals surface area contributed by atoms with Gasteiger partial charge in [-0.1, -0.05) is 0 Å². The third-order valence-electron chi connectivity index (χ3n) is 3.44. The summed E-state index contributed by atoms with van der Waals surface area (Å²) in [4.78, 5) is 12.1. The van der Waals surface area contributed by atoms with Gasteiger partial charge in [0, 0.05) is 17.2 Å². The van der Waals surface area contributed by atoms with Crippen molar-refractivity contribution in [2.24, 2.45) is 5.92 Å². The highest BCUT2D eigenvalue weighted by molar-refractivity contribution is 5.93. The summed E-state index contributed by atoms with van der Waals surface area (Å²) in [5, 5.41) is 14.7. The van der Waals surface area contributed by atoms with Crippen LogP contribution in [0.25, 0.3) is 0 Å². The molecule has 1 amide bonds. The first kappa shape index (κ1) is 13.5. The molecule has 1 saturated heterocycles. The first-order chi connectivity index (χ1) is 9.11. The molecule has 0 aliphatic carbocycles. The maximum absolute atomic E-state index is 13.6. The number of halogens is 1. The minimum Gasteiger partial charge on any atom is -0.325 e. The van der Waals surface area contributed by atoms with E-state index in [1.165, 1.54) is 12.1 Å². The van der Waals surface area contributed by atoms with Crippen molar-refractivity contribution in [2.45, 2.75) is 19.8 Å².